The van der Waals surface area contributed by atoms with Gasteiger partial charge in [0.2, 0.25) is 0 Å². The van der Waals surface area contributed by atoms with Gasteiger partial charge in [-0.05, 0) is 31.6 Å². The molecule has 90 heavy (non-hydrogen) atoms. The highest BCUT2D eigenvalue weighted by atomic mass is 31.2. The molecule has 0 radical (unpaired) electrons. The molecule has 0 aromatic rings. The van der Waals surface area contributed by atoms with Crippen LogP contribution in [0.25, 0.3) is 0 Å². The summed E-state index contributed by atoms with van der Waals surface area (Å²) in [5.74, 6) is -1.33. The topological polar surface area (TPSA) is 237 Å². The Kier molecular flexibility index (Phi) is 63.0. The molecule has 0 aliphatic carbocycles. The number of carbonyl (C=O) groups is 4. The number of carbonyl (C=O) groups excluding carboxylic acids is 4. The Balaban J connectivity index is 5.03. The van der Waals surface area contributed by atoms with Crippen LogP contribution in [-0.2, 0) is 65.4 Å². The minimum absolute atomic E-state index is 0.0991. The van der Waals surface area contributed by atoms with Gasteiger partial charge in [-0.25, -0.2) is 9.13 Å². The van der Waals surface area contributed by atoms with E-state index in [1.165, 1.54) is 186 Å². The zero-order valence-electron chi connectivity index (χ0n) is 58.3. The fourth-order valence-electron chi connectivity index (χ4n) is 10.8. The van der Waals surface area contributed by atoms with Gasteiger partial charge in [0.1, 0.15) is 19.3 Å². The molecular formula is C71H138O17P2. The van der Waals surface area contributed by atoms with Crippen LogP contribution in [0.3, 0.4) is 0 Å². The van der Waals surface area contributed by atoms with E-state index in [0.717, 1.165) is 102 Å². The van der Waals surface area contributed by atoms with E-state index in [4.69, 9.17) is 37.0 Å². The van der Waals surface area contributed by atoms with E-state index in [-0.39, 0.29) is 25.7 Å². The maximum absolute atomic E-state index is 13.0. The van der Waals surface area contributed by atoms with Crippen molar-refractivity contribution in [2.45, 2.75) is 387 Å². The highest BCUT2D eigenvalue weighted by Gasteiger charge is 2.30. The Morgan fingerprint density at radius 2 is 0.511 bits per heavy atom. The summed E-state index contributed by atoms with van der Waals surface area (Å²) in [5.41, 5.74) is 0. The standard InChI is InChI=1S/C71H138O17P2/c1-6-9-12-15-16-17-18-19-20-21-22-23-24-25-30-33-36-39-42-47-52-57-71(76)88-67(61-82-69(74)55-50-46-41-38-35-32-29-27-26-28-31-34-37-40-45-48-53-64(4)5)63-86-90(79,80)84-59-65(72)58-83-89(77,78)85-62-66(87-70(75)56-51-44-14-11-8-3)60-81-68(73)54-49-43-13-10-7-2/h64-67,72H,6-63H2,1-5H3,(H,77,78)(H,79,80)/t65-,66+,67+/m0/s1. The maximum atomic E-state index is 13.0. The molecular weight excluding hydrogens is 1190 g/mol. The van der Waals surface area contributed by atoms with Crippen LogP contribution in [-0.4, -0.2) is 96.7 Å². The van der Waals surface area contributed by atoms with E-state index in [0.29, 0.717) is 25.7 Å². The third-order valence-electron chi connectivity index (χ3n) is 16.5. The van der Waals surface area contributed by atoms with Gasteiger partial charge in [0.05, 0.1) is 26.4 Å². The maximum Gasteiger partial charge on any atom is 0.472 e. The minimum Gasteiger partial charge on any atom is -0.462 e. The van der Waals surface area contributed by atoms with Gasteiger partial charge >= 0.3 is 39.5 Å². The summed E-state index contributed by atoms with van der Waals surface area (Å²) in [5, 5.41) is 10.5. The average Bonchev–Trinajstić information content (AvgIpc) is 3.56. The second-order valence-electron chi connectivity index (χ2n) is 26.1. The average molecular weight is 1330 g/mol. The molecule has 0 saturated carbocycles. The normalized spacial score (nSPS) is 14.1. The van der Waals surface area contributed by atoms with Gasteiger partial charge < -0.3 is 33.8 Å². The van der Waals surface area contributed by atoms with Crippen LogP contribution in [0.15, 0.2) is 0 Å². The fraction of sp³-hybridized carbons (Fsp3) is 0.944. The van der Waals surface area contributed by atoms with Crippen molar-refractivity contribution >= 4 is 39.5 Å². The number of ether oxygens (including phenoxy) is 4. The number of phosphoric acid groups is 2. The zero-order chi connectivity index (χ0) is 66.3. The number of aliphatic hydroxyl groups is 1. The van der Waals surface area contributed by atoms with Crippen molar-refractivity contribution < 1.29 is 80.2 Å². The van der Waals surface area contributed by atoms with Crippen molar-refractivity contribution in [1.82, 2.24) is 0 Å². The van der Waals surface area contributed by atoms with Crippen LogP contribution in [0.2, 0.25) is 0 Å². The molecule has 3 N–H and O–H groups in total. The van der Waals surface area contributed by atoms with Crippen molar-refractivity contribution in [2.75, 3.05) is 39.6 Å². The number of aliphatic hydroxyl groups excluding tert-OH is 1. The molecule has 0 saturated heterocycles. The molecule has 0 spiro atoms. The van der Waals surface area contributed by atoms with Crippen LogP contribution in [0.5, 0.6) is 0 Å². The van der Waals surface area contributed by atoms with E-state index in [2.05, 4.69) is 34.6 Å². The van der Waals surface area contributed by atoms with Crippen molar-refractivity contribution in [3.63, 3.8) is 0 Å². The van der Waals surface area contributed by atoms with Gasteiger partial charge in [-0.1, -0.05) is 317 Å². The molecule has 2 unspecified atom stereocenters. The SMILES string of the molecule is CCCCCCCCCCCCCCCCCCCCCCCC(=O)O[C@H](COC(=O)CCCCCCCCCCCCCCCCCCC(C)C)COP(=O)(O)OC[C@@H](O)COP(=O)(O)OC[C@@H](COC(=O)CCCCCCC)OC(=O)CCCCCCC. The summed E-state index contributed by atoms with van der Waals surface area (Å²) < 4.78 is 67.8. The molecule has 0 aromatic heterocycles. The smallest absolute Gasteiger partial charge is 0.462 e. The quantitative estimate of drug-likeness (QED) is 0.0222. The summed E-state index contributed by atoms with van der Waals surface area (Å²) in [6.45, 7) is 7.09. The first kappa shape index (κ1) is 88.1. The molecule has 0 aliphatic rings. The fourth-order valence-corrected chi connectivity index (χ4v) is 12.4. The van der Waals surface area contributed by atoms with Gasteiger partial charge in [-0.3, -0.25) is 37.3 Å². The lowest BCUT2D eigenvalue weighted by atomic mass is 10.0. The van der Waals surface area contributed by atoms with E-state index < -0.39 is 97.5 Å². The molecule has 0 bridgehead atoms. The van der Waals surface area contributed by atoms with E-state index in [1.54, 1.807) is 0 Å². The summed E-state index contributed by atoms with van der Waals surface area (Å²) in [7, 11) is -9.88. The van der Waals surface area contributed by atoms with Crippen molar-refractivity contribution in [2.24, 2.45) is 5.92 Å². The van der Waals surface area contributed by atoms with Gasteiger partial charge in [-0.2, -0.15) is 0 Å². The Hall–Kier alpha value is -1.94. The zero-order valence-corrected chi connectivity index (χ0v) is 60.1. The molecule has 17 nitrogen and oxygen atoms in total. The van der Waals surface area contributed by atoms with E-state index >= 15 is 0 Å². The number of hydrogen-bond acceptors (Lipinski definition) is 15. The summed E-state index contributed by atoms with van der Waals surface area (Å²) in [4.78, 5) is 71.9. The molecule has 0 aliphatic heterocycles. The second kappa shape index (κ2) is 64.4. The lowest BCUT2D eigenvalue weighted by molar-refractivity contribution is -0.161. The first-order valence-corrected chi connectivity index (χ1v) is 40.1. The molecule has 534 valence electrons. The monoisotopic (exact) mass is 1320 g/mol. The molecule has 0 fully saturated rings. The van der Waals surface area contributed by atoms with Gasteiger partial charge in [0, 0.05) is 25.7 Å². The highest BCUT2D eigenvalue weighted by molar-refractivity contribution is 7.47. The number of phosphoric ester groups is 2. The number of esters is 4. The van der Waals surface area contributed by atoms with Crippen molar-refractivity contribution in [3.8, 4) is 0 Å². The third-order valence-corrected chi connectivity index (χ3v) is 18.4. The van der Waals surface area contributed by atoms with Crippen molar-refractivity contribution in [3.05, 3.63) is 0 Å². The van der Waals surface area contributed by atoms with Crippen LogP contribution in [0.1, 0.15) is 369 Å². The largest absolute Gasteiger partial charge is 0.472 e. The molecule has 5 atom stereocenters. The number of hydrogen-bond donors (Lipinski definition) is 3. The first-order valence-electron chi connectivity index (χ1n) is 37.1. The summed E-state index contributed by atoms with van der Waals surface area (Å²) in [6, 6.07) is 0. The Labute approximate surface area is 549 Å². The Morgan fingerprint density at radius 3 is 0.756 bits per heavy atom. The highest BCUT2D eigenvalue weighted by Crippen LogP contribution is 2.45. The first-order chi connectivity index (χ1) is 43.5. The lowest BCUT2D eigenvalue weighted by Crippen LogP contribution is -2.30. The van der Waals surface area contributed by atoms with E-state index in [1.807, 2.05) is 0 Å². The predicted molar refractivity (Wildman–Crippen MR) is 363 cm³/mol. The van der Waals surface area contributed by atoms with E-state index in [9.17, 15) is 43.2 Å². The Morgan fingerprint density at radius 1 is 0.300 bits per heavy atom. The number of unbranched alkanes of at least 4 members (excludes halogenated alkanes) is 43. The van der Waals surface area contributed by atoms with Crippen LogP contribution in [0, 0.1) is 5.92 Å². The number of rotatable bonds is 71. The van der Waals surface area contributed by atoms with Crippen molar-refractivity contribution in [1.29, 1.82) is 0 Å². The summed E-state index contributed by atoms with van der Waals surface area (Å²) in [6.07, 6.45) is 52.5. The predicted octanol–water partition coefficient (Wildman–Crippen LogP) is 20.5. The van der Waals surface area contributed by atoms with Crippen LogP contribution >= 0.6 is 15.6 Å². The molecule has 19 heteroatoms. The molecule has 0 aromatic carbocycles. The van der Waals surface area contributed by atoms with Gasteiger partial charge in [-0.15, -0.1) is 0 Å². The van der Waals surface area contributed by atoms with Gasteiger partial charge in [0.25, 0.3) is 0 Å². The van der Waals surface area contributed by atoms with Crippen LogP contribution in [0.4, 0.5) is 0 Å². The minimum atomic E-state index is -4.95. The molecule has 0 rings (SSSR count). The second-order valence-corrected chi connectivity index (χ2v) is 29.0. The third kappa shape index (κ3) is 64.8. The molecule has 0 heterocycles. The Bertz CT molecular complexity index is 1740. The lowest BCUT2D eigenvalue weighted by Gasteiger charge is -2.21. The summed E-state index contributed by atoms with van der Waals surface area (Å²) >= 11 is 0. The van der Waals surface area contributed by atoms with Gasteiger partial charge in [0.15, 0.2) is 12.2 Å². The van der Waals surface area contributed by atoms with Crippen LogP contribution < -0.4 is 0 Å². The molecule has 0 amide bonds.